The van der Waals surface area contributed by atoms with Crippen LogP contribution in [-0.2, 0) is 30.2 Å². The Hall–Kier alpha value is -6.69. The second-order valence-electron chi connectivity index (χ2n) is 11.0. The van der Waals surface area contributed by atoms with Gasteiger partial charge in [-0.3, -0.25) is 0 Å². The SMILES string of the molecule is C=CC(=O)OCCCOc1ccc(C(=O)Oc2ccc(CCOC(=O)c3ccc(OC(=O)c4ccc(OCCCOC(=O)C=C)cc4)cc3)cc2)cc1. The Kier molecular flexibility index (Phi) is 15.4. The first-order chi connectivity index (χ1) is 25.7. The zero-order chi connectivity index (χ0) is 37.8. The van der Waals surface area contributed by atoms with Crippen LogP contribution in [0.2, 0.25) is 0 Å². The lowest BCUT2D eigenvalue weighted by atomic mass is 10.1. The molecule has 53 heavy (non-hydrogen) atoms. The van der Waals surface area contributed by atoms with E-state index < -0.39 is 29.8 Å². The molecule has 0 saturated carbocycles. The van der Waals surface area contributed by atoms with Crippen molar-refractivity contribution >= 4 is 29.8 Å². The van der Waals surface area contributed by atoms with Gasteiger partial charge in [0.1, 0.15) is 23.0 Å². The maximum Gasteiger partial charge on any atom is 0.343 e. The van der Waals surface area contributed by atoms with Crippen molar-refractivity contribution in [1.29, 1.82) is 0 Å². The minimum absolute atomic E-state index is 0.117. The van der Waals surface area contributed by atoms with E-state index in [9.17, 15) is 24.0 Å². The standard InChI is InChI=1S/C41H38O12/c1-3-37(42)49-26-5-24-47-33-17-9-31(10-18-33)40(45)52-35-15-7-29(8-16-35)23-28-51-39(44)30-13-21-36(22-14-30)53-41(46)32-11-19-34(20-12-32)48-25-6-27-50-38(43)4-2/h3-4,7-22H,1-2,5-6,23-28H2. The molecule has 0 aliphatic heterocycles. The molecule has 12 nitrogen and oxygen atoms in total. The number of ether oxygens (including phenoxy) is 7. The van der Waals surface area contributed by atoms with Crippen molar-refractivity contribution in [3.63, 3.8) is 0 Å². The quantitative estimate of drug-likeness (QED) is 0.0321. The summed E-state index contributed by atoms with van der Waals surface area (Å²) >= 11 is 0. The Labute approximate surface area is 306 Å². The molecule has 0 unspecified atom stereocenters. The largest absolute Gasteiger partial charge is 0.493 e. The lowest BCUT2D eigenvalue weighted by Crippen LogP contribution is -2.10. The van der Waals surface area contributed by atoms with Gasteiger partial charge in [0.05, 0.1) is 49.7 Å². The van der Waals surface area contributed by atoms with E-state index in [2.05, 4.69) is 13.2 Å². The van der Waals surface area contributed by atoms with Gasteiger partial charge in [0.2, 0.25) is 0 Å². The first-order valence-electron chi connectivity index (χ1n) is 16.6. The maximum absolute atomic E-state index is 12.6. The third kappa shape index (κ3) is 13.5. The molecule has 0 radical (unpaired) electrons. The zero-order valence-corrected chi connectivity index (χ0v) is 28.9. The third-order valence-corrected chi connectivity index (χ3v) is 7.18. The Morgan fingerprint density at radius 1 is 0.434 bits per heavy atom. The van der Waals surface area contributed by atoms with Crippen molar-refractivity contribution in [2.45, 2.75) is 19.3 Å². The highest BCUT2D eigenvalue weighted by atomic mass is 16.6. The minimum atomic E-state index is -0.580. The molecule has 0 amide bonds. The van der Waals surface area contributed by atoms with Crippen LogP contribution < -0.4 is 18.9 Å². The van der Waals surface area contributed by atoms with Gasteiger partial charge in [-0.05, 0) is 90.5 Å². The van der Waals surface area contributed by atoms with Crippen LogP contribution in [0, 0.1) is 0 Å². The Morgan fingerprint density at radius 2 is 0.811 bits per heavy atom. The molecule has 4 aromatic rings. The zero-order valence-electron chi connectivity index (χ0n) is 28.9. The summed E-state index contributed by atoms with van der Waals surface area (Å²) in [6, 6.07) is 25.8. The van der Waals surface area contributed by atoms with Crippen LogP contribution in [0.3, 0.4) is 0 Å². The van der Waals surface area contributed by atoms with E-state index in [1.54, 1.807) is 72.8 Å². The van der Waals surface area contributed by atoms with E-state index in [-0.39, 0.29) is 25.6 Å². The average molecular weight is 723 g/mol. The molecule has 0 atom stereocenters. The molecule has 0 N–H and O–H groups in total. The minimum Gasteiger partial charge on any atom is -0.493 e. The Bertz CT molecular complexity index is 1850. The number of hydrogen-bond donors (Lipinski definition) is 0. The summed E-state index contributed by atoms with van der Waals surface area (Å²) in [7, 11) is 0. The van der Waals surface area contributed by atoms with Crippen molar-refractivity contribution < 1.29 is 57.1 Å². The van der Waals surface area contributed by atoms with E-state index in [0.717, 1.165) is 17.7 Å². The van der Waals surface area contributed by atoms with Crippen LogP contribution in [0.25, 0.3) is 0 Å². The molecular weight excluding hydrogens is 684 g/mol. The number of carbonyl (C=O) groups excluding carboxylic acids is 5. The summed E-state index contributed by atoms with van der Waals surface area (Å²) in [5, 5.41) is 0. The topological polar surface area (TPSA) is 150 Å². The van der Waals surface area contributed by atoms with Crippen molar-refractivity contribution in [2.24, 2.45) is 0 Å². The Balaban J connectivity index is 1.13. The van der Waals surface area contributed by atoms with Gasteiger partial charge in [0.15, 0.2) is 0 Å². The third-order valence-electron chi connectivity index (χ3n) is 7.18. The van der Waals surface area contributed by atoms with Gasteiger partial charge >= 0.3 is 29.8 Å². The molecular formula is C41H38O12. The lowest BCUT2D eigenvalue weighted by Gasteiger charge is -2.09. The van der Waals surface area contributed by atoms with Crippen LogP contribution in [0.15, 0.2) is 122 Å². The van der Waals surface area contributed by atoms with Gasteiger partial charge in [0, 0.05) is 31.4 Å². The van der Waals surface area contributed by atoms with E-state index in [0.29, 0.717) is 66.4 Å². The fraction of sp³-hybridized carbons (Fsp3) is 0.195. The second-order valence-corrected chi connectivity index (χ2v) is 11.0. The van der Waals surface area contributed by atoms with E-state index in [4.69, 9.17) is 33.2 Å². The first-order valence-corrected chi connectivity index (χ1v) is 16.6. The van der Waals surface area contributed by atoms with Gasteiger partial charge in [-0.25, -0.2) is 24.0 Å². The molecule has 0 aliphatic carbocycles. The number of hydrogen-bond acceptors (Lipinski definition) is 12. The summed E-state index contributed by atoms with van der Waals surface area (Å²) < 4.78 is 37.2. The monoisotopic (exact) mass is 722 g/mol. The van der Waals surface area contributed by atoms with E-state index >= 15 is 0 Å². The van der Waals surface area contributed by atoms with Crippen molar-refractivity contribution in [3.05, 3.63) is 145 Å². The van der Waals surface area contributed by atoms with Crippen molar-refractivity contribution in [3.8, 4) is 23.0 Å². The normalized spacial score (nSPS) is 10.3. The van der Waals surface area contributed by atoms with Gasteiger partial charge in [-0.1, -0.05) is 25.3 Å². The molecule has 0 bridgehead atoms. The number of rotatable bonds is 20. The number of esters is 5. The Morgan fingerprint density at radius 3 is 1.23 bits per heavy atom. The van der Waals surface area contributed by atoms with Crippen LogP contribution in [0.5, 0.6) is 23.0 Å². The summed E-state index contributed by atoms with van der Waals surface area (Å²) in [4.78, 5) is 59.8. The highest BCUT2D eigenvalue weighted by Crippen LogP contribution is 2.19. The predicted molar refractivity (Wildman–Crippen MR) is 192 cm³/mol. The summed E-state index contributed by atoms with van der Waals surface area (Å²) in [5.74, 6) is -0.906. The molecule has 4 aromatic carbocycles. The predicted octanol–water partition coefficient (Wildman–Crippen LogP) is 6.52. The molecule has 0 aliphatic rings. The summed E-state index contributed by atoms with van der Waals surface area (Å²) in [6.07, 6.45) is 3.63. The van der Waals surface area contributed by atoms with E-state index in [1.165, 1.54) is 24.3 Å². The van der Waals surface area contributed by atoms with E-state index in [1.807, 2.05) is 0 Å². The first kappa shape index (κ1) is 39.1. The van der Waals surface area contributed by atoms with Crippen molar-refractivity contribution in [1.82, 2.24) is 0 Å². The molecule has 12 heteroatoms. The van der Waals surface area contributed by atoms with Gasteiger partial charge in [-0.2, -0.15) is 0 Å². The molecule has 0 spiro atoms. The fourth-order valence-electron chi connectivity index (χ4n) is 4.40. The van der Waals surface area contributed by atoms with Crippen LogP contribution in [0.1, 0.15) is 49.5 Å². The van der Waals surface area contributed by atoms with Crippen molar-refractivity contribution in [2.75, 3.05) is 33.0 Å². The molecule has 274 valence electrons. The molecule has 0 fully saturated rings. The van der Waals surface area contributed by atoms with Gasteiger partial charge in [0.25, 0.3) is 0 Å². The maximum atomic E-state index is 12.6. The van der Waals surface area contributed by atoms with Crippen LogP contribution in [0.4, 0.5) is 0 Å². The molecule has 4 rings (SSSR count). The summed E-state index contributed by atoms with van der Waals surface area (Å²) in [5.41, 5.74) is 1.81. The smallest absolute Gasteiger partial charge is 0.343 e. The van der Waals surface area contributed by atoms with Crippen LogP contribution >= 0.6 is 0 Å². The van der Waals surface area contributed by atoms with Crippen LogP contribution in [-0.4, -0.2) is 62.9 Å². The molecule has 0 heterocycles. The van der Waals surface area contributed by atoms with Gasteiger partial charge in [-0.15, -0.1) is 0 Å². The molecule has 0 saturated heterocycles. The summed E-state index contributed by atoms with van der Waals surface area (Å²) in [6.45, 7) is 7.87. The highest BCUT2D eigenvalue weighted by molar-refractivity contribution is 5.92. The van der Waals surface area contributed by atoms with Gasteiger partial charge < -0.3 is 33.2 Å². The number of benzene rings is 4. The highest BCUT2D eigenvalue weighted by Gasteiger charge is 2.13. The fourth-order valence-corrected chi connectivity index (χ4v) is 4.40. The molecule has 0 aromatic heterocycles. The number of carbonyl (C=O) groups is 5. The second kappa shape index (κ2) is 20.9. The lowest BCUT2D eigenvalue weighted by molar-refractivity contribution is -0.138. The average Bonchev–Trinajstić information content (AvgIpc) is 3.18.